The Morgan fingerprint density at radius 2 is 1.28 bits per heavy atom. The summed E-state index contributed by atoms with van der Waals surface area (Å²) in [5.74, 6) is 1.75. The van der Waals surface area contributed by atoms with Gasteiger partial charge in [0.1, 0.15) is 0 Å². The Morgan fingerprint density at radius 1 is 0.778 bits per heavy atom. The van der Waals surface area contributed by atoms with E-state index in [1.165, 1.54) is 70.6 Å². The van der Waals surface area contributed by atoms with Gasteiger partial charge in [0.25, 0.3) is 0 Å². The minimum atomic E-state index is 0.823. The molecule has 2 atom stereocenters. The Hall–Kier alpha value is 0. The van der Waals surface area contributed by atoms with E-state index in [-0.39, 0.29) is 0 Å². The number of hydrogen-bond donors (Lipinski definition) is 0. The molecule has 0 amide bonds. The van der Waals surface area contributed by atoms with Crippen LogP contribution in [0.5, 0.6) is 0 Å². The molecule has 18 heavy (non-hydrogen) atoms. The third-order valence-corrected chi connectivity index (χ3v) is 4.46. The second kappa shape index (κ2) is 13.4. The van der Waals surface area contributed by atoms with Crippen molar-refractivity contribution in [2.24, 2.45) is 11.8 Å². The van der Waals surface area contributed by atoms with E-state index in [0.29, 0.717) is 0 Å². The van der Waals surface area contributed by atoms with Gasteiger partial charge in [-0.25, -0.2) is 0 Å². The quantitative estimate of drug-likeness (QED) is 0.317. The highest BCUT2D eigenvalue weighted by Gasteiger charge is 2.12. The third kappa shape index (κ3) is 9.97. The van der Waals surface area contributed by atoms with Crippen LogP contribution in [0.15, 0.2) is 0 Å². The molecule has 0 saturated carbocycles. The van der Waals surface area contributed by atoms with Crippen LogP contribution in [0.1, 0.15) is 97.8 Å². The number of unbranched alkanes of at least 4 members (excludes halogenated alkanes) is 8. The van der Waals surface area contributed by atoms with Crippen LogP contribution in [0.4, 0.5) is 0 Å². The molecule has 0 N–H and O–H groups in total. The zero-order valence-corrected chi connectivity index (χ0v) is 13.3. The lowest BCUT2D eigenvalue weighted by Gasteiger charge is -2.21. The third-order valence-electron chi connectivity index (χ3n) is 4.46. The van der Waals surface area contributed by atoms with Crippen molar-refractivity contribution in [3.8, 4) is 0 Å². The molecule has 0 aliphatic carbocycles. The van der Waals surface area contributed by atoms with Gasteiger partial charge in [0, 0.05) is 0 Å². The lowest BCUT2D eigenvalue weighted by molar-refractivity contribution is 0.315. The van der Waals surface area contributed by atoms with Crippen LogP contribution in [0.3, 0.4) is 0 Å². The fourth-order valence-electron chi connectivity index (χ4n) is 2.84. The fraction of sp³-hybridized carbons (Fsp3) is 0.944. The van der Waals surface area contributed by atoms with Crippen LogP contribution in [0.25, 0.3) is 0 Å². The molecule has 2 unspecified atom stereocenters. The summed E-state index contributed by atoms with van der Waals surface area (Å²) in [6.07, 6.45) is 16.9. The van der Waals surface area contributed by atoms with E-state index in [1.807, 2.05) is 0 Å². The van der Waals surface area contributed by atoms with Crippen LogP contribution >= 0.6 is 0 Å². The van der Waals surface area contributed by atoms with E-state index in [9.17, 15) is 0 Å². The average molecular weight is 253 g/mol. The summed E-state index contributed by atoms with van der Waals surface area (Å²) >= 11 is 0. The molecule has 0 heterocycles. The van der Waals surface area contributed by atoms with Crippen molar-refractivity contribution in [2.75, 3.05) is 0 Å². The van der Waals surface area contributed by atoms with E-state index >= 15 is 0 Å². The molecule has 0 bridgehead atoms. The SMILES string of the molecule is [CH2]CC(C)C(CC)CCCCCCCCCCC. The largest absolute Gasteiger partial charge is 0.0654 e. The first-order valence-electron chi connectivity index (χ1n) is 8.55. The van der Waals surface area contributed by atoms with Crippen molar-refractivity contribution < 1.29 is 0 Å². The molecule has 0 aromatic carbocycles. The predicted octanol–water partition coefficient (Wildman–Crippen LogP) is 6.79. The first-order chi connectivity index (χ1) is 8.76. The van der Waals surface area contributed by atoms with Crippen molar-refractivity contribution in [1.29, 1.82) is 0 Å². The van der Waals surface area contributed by atoms with Gasteiger partial charge in [0.05, 0.1) is 0 Å². The summed E-state index contributed by atoms with van der Waals surface area (Å²) in [6.45, 7) is 11.0. The normalized spacial score (nSPS) is 14.7. The van der Waals surface area contributed by atoms with Crippen molar-refractivity contribution in [1.82, 2.24) is 0 Å². The van der Waals surface area contributed by atoms with Gasteiger partial charge in [-0.05, 0) is 11.8 Å². The Labute approximate surface area is 117 Å². The average Bonchev–Trinajstić information content (AvgIpc) is 2.40. The summed E-state index contributed by atoms with van der Waals surface area (Å²) in [5.41, 5.74) is 0. The minimum Gasteiger partial charge on any atom is -0.0654 e. The van der Waals surface area contributed by atoms with Crippen LogP contribution in [0.2, 0.25) is 0 Å². The summed E-state index contributed by atoms with van der Waals surface area (Å²) < 4.78 is 0. The van der Waals surface area contributed by atoms with E-state index in [4.69, 9.17) is 0 Å². The number of hydrogen-bond acceptors (Lipinski definition) is 0. The standard InChI is InChI=1S/C18H37/c1-5-8-9-10-11-12-13-14-15-16-18(7-3)17(4)6-2/h17-18H,2,5-16H2,1,3-4H3. The lowest BCUT2D eigenvalue weighted by atomic mass is 9.85. The summed E-state index contributed by atoms with van der Waals surface area (Å²) in [4.78, 5) is 0. The van der Waals surface area contributed by atoms with Crippen molar-refractivity contribution >= 4 is 0 Å². The molecular weight excluding hydrogens is 216 g/mol. The van der Waals surface area contributed by atoms with E-state index < -0.39 is 0 Å². The van der Waals surface area contributed by atoms with E-state index in [2.05, 4.69) is 27.7 Å². The van der Waals surface area contributed by atoms with Crippen molar-refractivity contribution in [3.63, 3.8) is 0 Å². The van der Waals surface area contributed by atoms with Gasteiger partial charge in [-0.1, -0.05) is 105 Å². The Balaban J connectivity index is 3.28. The van der Waals surface area contributed by atoms with Crippen LogP contribution in [0, 0.1) is 18.8 Å². The lowest BCUT2D eigenvalue weighted by Crippen LogP contribution is -2.09. The Morgan fingerprint density at radius 3 is 1.72 bits per heavy atom. The highest BCUT2D eigenvalue weighted by molar-refractivity contribution is 4.66. The number of rotatable bonds is 13. The van der Waals surface area contributed by atoms with E-state index in [1.54, 1.807) is 0 Å². The summed E-state index contributed by atoms with van der Waals surface area (Å²) in [5, 5.41) is 0. The molecule has 0 fully saturated rings. The van der Waals surface area contributed by atoms with Gasteiger partial charge in [-0.15, -0.1) is 0 Å². The molecule has 0 heteroatoms. The minimum absolute atomic E-state index is 0.823. The Bertz CT molecular complexity index is 150. The van der Waals surface area contributed by atoms with E-state index in [0.717, 1.165) is 18.3 Å². The van der Waals surface area contributed by atoms with Crippen LogP contribution in [-0.4, -0.2) is 0 Å². The van der Waals surface area contributed by atoms with Crippen LogP contribution in [-0.2, 0) is 0 Å². The van der Waals surface area contributed by atoms with Gasteiger partial charge in [-0.2, -0.15) is 0 Å². The monoisotopic (exact) mass is 253 g/mol. The molecule has 0 saturated heterocycles. The van der Waals surface area contributed by atoms with Crippen molar-refractivity contribution in [2.45, 2.75) is 97.8 Å². The van der Waals surface area contributed by atoms with Gasteiger partial charge < -0.3 is 0 Å². The van der Waals surface area contributed by atoms with Gasteiger partial charge in [0.15, 0.2) is 0 Å². The predicted molar refractivity (Wildman–Crippen MR) is 84.8 cm³/mol. The molecule has 0 nitrogen and oxygen atoms in total. The molecule has 1 radical (unpaired) electrons. The van der Waals surface area contributed by atoms with Crippen LogP contribution < -0.4 is 0 Å². The second-order valence-corrected chi connectivity index (χ2v) is 6.05. The maximum atomic E-state index is 4.05. The molecule has 0 aliphatic heterocycles. The first kappa shape index (κ1) is 18.0. The molecule has 0 aliphatic rings. The highest BCUT2D eigenvalue weighted by Crippen LogP contribution is 2.24. The molecule has 109 valence electrons. The molecule has 0 rings (SSSR count). The topological polar surface area (TPSA) is 0 Å². The van der Waals surface area contributed by atoms with Crippen molar-refractivity contribution in [3.05, 3.63) is 6.92 Å². The maximum absolute atomic E-state index is 4.05. The van der Waals surface area contributed by atoms with Gasteiger partial charge in [-0.3, -0.25) is 0 Å². The zero-order valence-electron chi connectivity index (χ0n) is 13.3. The molecule has 0 aromatic heterocycles. The highest BCUT2D eigenvalue weighted by atomic mass is 14.2. The maximum Gasteiger partial charge on any atom is -0.0391 e. The molecule has 0 aromatic rings. The fourth-order valence-corrected chi connectivity index (χ4v) is 2.84. The summed E-state index contributed by atoms with van der Waals surface area (Å²) in [6, 6.07) is 0. The second-order valence-electron chi connectivity index (χ2n) is 6.05. The zero-order chi connectivity index (χ0) is 13.6. The van der Waals surface area contributed by atoms with Gasteiger partial charge in [0.2, 0.25) is 0 Å². The first-order valence-corrected chi connectivity index (χ1v) is 8.55. The smallest absolute Gasteiger partial charge is 0.0391 e. The molecular formula is C18H37. The summed E-state index contributed by atoms with van der Waals surface area (Å²) in [7, 11) is 0. The Kier molecular flexibility index (Phi) is 13.4. The van der Waals surface area contributed by atoms with Gasteiger partial charge >= 0.3 is 0 Å². The molecule has 0 spiro atoms.